The molecule has 2 aromatic carbocycles. The molecule has 2 N–H and O–H groups in total. The van der Waals surface area contributed by atoms with Crippen molar-refractivity contribution in [2.75, 3.05) is 13.7 Å². The summed E-state index contributed by atoms with van der Waals surface area (Å²) in [7, 11) is 1.55. The van der Waals surface area contributed by atoms with E-state index < -0.39 is 22.9 Å². The van der Waals surface area contributed by atoms with E-state index in [0.29, 0.717) is 28.5 Å². The third-order valence-corrected chi connectivity index (χ3v) is 4.78. The summed E-state index contributed by atoms with van der Waals surface area (Å²) in [6.45, 7) is -0.290. The number of nitrogens with zero attached hydrogens (tertiary/aromatic N) is 2. The second-order valence-electron chi connectivity index (χ2n) is 6.88. The third kappa shape index (κ3) is 4.18. The van der Waals surface area contributed by atoms with Crippen molar-refractivity contribution in [2.45, 2.75) is 0 Å². The number of rotatable bonds is 5. The Kier molecular flexibility index (Phi) is 5.63. The molecule has 2 heterocycles. The molecule has 2 aromatic heterocycles. The molecule has 4 rings (SSSR count). The number of nitrogens with one attached hydrogen (secondary N) is 2. The standard InChI is InChI=1S/C23H17F3N4O2/c1-31-17-2-3-18-20(10-17)29-5-4-21(18)32-12-22(27)30-11-14(8-19(26)23(30)28)13-6-15(24)9-16(25)7-13/h2-11,27-28H,12H2,1H3. The Morgan fingerprint density at radius 1 is 1.00 bits per heavy atom. The average Bonchev–Trinajstić information content (AvgIpc) is 2.78. The molecule has 0 unspecified atom stereocenters. The monoisotopic (exact) mass is 438 g/mol. The number of methoxy groups -OCH3 is 1. The molecule has 162 valence electrons. The average molecular weight is 438 g/mol. The van der Waals surface area contributed by atoms with Gasteiger partial charge in [0.25, 0.3) is 0 Å². The van der Waals surface area contributed by atoms with Gasteiger partial charge in [0.1, 0.15) is 35.6 Å². The van der Waals surface area contributed by atoms with Crippen LogP contribution in [0.1, 0.15) is 0 Å². The van der Waals surface area contributed by atoms with E-state index in [0.717, 1.165) is 22.8 Å². The van der Waals surface area contributed by atoms with Crippen LogP contribution in [0.4, 0.5) is 13.2 Å². The van der Waals surface area contributed by atoms with Crippen LogP contribution in [0.3, 0.4) is 0 Å². The van der Waals surface area contributed by atoms with Crippen LogP contribution in [0.5, 0.6) is 11.5 Å². The number of pyridine rings is 2. The minimum absolute atomic E-state index is 0.0814. The Balaban J connectivity index is 1.63. The first-order valence-corrected chi connectivity index (χ1v) is 9.42. The van der Waals surface area contributed by atoms with Gasteiger partial charge in [0.2, 0.25) is 0 Å². The smallest absolute Gasteiger partial charge is 0.167 e. The van der Waals surface area contributed by atoms with Gasteiger partial charge in [0.05, 0.1) is 12.6 Å². The molecule has 9 heteroatoms. The lowest BCUT2D eigenvalue weighted by Gasteiger charge is -2.14. The fourth-order valence-corrected chi connectivity index (χ4v) is 3.22. The van der Waals surface area contributed by atoms with Crippen LogP contribution < -0.4 is 15.0 Å². The maximum Gasteiger partial charge on any atom is 0.167 e. The quantitative estimate of drug-likeness (QED) is 0.355. The minimum Gasteiger partial charge on any atom is -0.497 e. The van der Waals surface area contributed by atoms with Crippen LogP contribution in [0, 0.1) is 28.3 Å². The molecule has 0 spiro atoms. The highest BCUT2D eigenvalue weighted by molar-refractivity contribution is 5.87. The van der Waals surface area contributed by atoms with Gasteiger partial charge in [-0.15, -0.1) is 0 Å². The van der Waals surface area contributed by atoms with E-state index >= 15 is 0 Å². The zero-order valence-electron chi connectivity index (χ0n) is 16.8. The van der Waals surface area contributed by atoms with Crippen molar-refractivity contribution in [1.82, 2.24) is 9.55 Å². The molecule has 0 fully saturated rings. The van der Waals surface area contributed by atoms with Crippen molar-refractivity contribution in [2.24, 2.45) is 0 Å². The number of hydrogen-bond donors (Lipinski definition) is 2. The topological polar surface area (TPSA) is 84.0 Å². The summed E-state index contributed by atoms with van der Waals surface area (Å²) in [5.74, 6) is -1.75. The van der Waals surface area contributed by atoms with E-state index in [4.69, 9.17) is 20.3 Å². The molecule has 4 aromatic rings. The summed E-state index contributed by atoms with van der Waals surface area (Å²) < 4.78 is 53.4. The molecule has 6 nitrogen and oxygen atoms in total. The summed E-state index contributed by atoms with van der Waals surface area (Å²) >= 11 is 0. The fourth-order valence-electron chi connectivity index (χ4n) is 3.22. The van der Waals surface area contributed by atoms with Gasteiger partial charge in [-0.2, -0.15) is 0 Å². The van der Waals surface area contributed by atoms with Crippen LogP contribution in [-0.2, 0) is 0 Å². The van der Waals surface area contributed by atoms with Crippen LogP contribution in [0.2, 0.25) is 0 Å². The first kappa shape index (κ1) is 21.1. The largest absolute Gasteiger partial charge is 0.497 e. The van der Waals surface area contributed by atoms with Crippen molar-refractivity contribution in [3.63, 3.8) is 0 Å². The van der Waals surface area contributed by atoms with E-state index in [9.17, 15) is 13.2 Å². The van der Waals surface area contributed by atoms with Crippen LogP contribution >= 0.6 is 0 Å². The lowest BCUT2D eigenvalue weighted by Crippen LogP contribution is -2.32. The molecule has 0 aliphatic rings. The first-order valence-electron chi connectivity index (χ1n) is 9.42. The molecule has 0 saturated carbocycles. The molecule has 0 bridgehead atoms. The molecule has 0 amide bonds. The molecule has 0 atom stereocenters. The maximum absolute atomic E-state index is 14.4. The fraction of sp³-hybridized carbons (Fsp3) is 0.0870. The van der Waals surface area contributed by atoms with E-state index in [2.05, 4.69) is 4.98 Å². The number of aromatic nitrogens is 2. The molecule has 32 heavy (non-hydrogen) atoms. The molecule has 0 aliphatic carbocycles. The van der Waals surface area contributed by atoms with E-state index in [1.165, 1.54) is 6.20 Å². The van der Waals surface area contributed by atoms with Gasteiger partial charge in [0, 0.05) is 35.5 Å². The molecular formula is C23H17F3N4O2. The number of ether oxygens (including phenoxy) is 2. The van der Waals surface area contributed by atoms with Crippen LogP contribution in [0.25, 0.3) is 22.0 Å². The zero-order valence-corrected chi connectivity index (χ0v) is 16.8. The number of fused-ring (bicyclic) bond motifs is 1. The van der Waals surface area contributed by atoms with E-state index in [-0.39, 0.29) is 23.6 Å². The normalized spacial score (nSPS) is 10.9. The molecular weight excluding hydrogens is 421 g/mol. The van der Waals surface area contributed by atoms with Gasteiger partial charge in [0.15, 0.2) is 11.3 Å². The van der Waals surface area contributed by atoms with Gasteiger partial charge >= 0.3 is 0 Å². The second-order valence-corrected chi connectivity index (χ2v) is 6.88. The van der Waals surface area contributed by atoms with Gasteiger partial charge in [-0.3, -0.25) is 20.4 Å². The predicted molar refractivity (Wildman–Crippen MR) is 113 cm³/mol. The highest BCUT2D eigenvalue weighted by Crippen LogP contribution is 2.27. The molecule has 0 saturated heterocycles. The summed E-state index contributed by atoms with van der Waals surface area (Å²) in [4.78, 5) is 4.26. The lowest BCUT2D eigenvalue weighted by molar-refractivity contribution is 0.375. The third-order valence-electron chi connectivity index (χ3n) is 4.78. The summed E-state index contributed by atoms with van der Waals surface area (Å²) in [5.41, 5.74) is 0.244. The Hall–Kier alpha value is -4.14. The maximum atomic E-state index is 14.4. The SMILES string of the molecule is COc1ccc2c(OCC(=N)n3cc(-c4cc(F)cc(F)c4)cc(F)c3=N)ccnc2c1. The second kappa shape index (κ2) is 8.54. The summed E-state index contributed by atoms with van der Waals surface area (Å²) in [5, 5.41) is 16.9. The van der Waals surface area contributed by atoms with Crippen molar-refractivity contribution >= 4 is 16.7 Å². The van der Waals surface area contributed by atoms with Crippen LogP contribution in [-0.4, -0.2) is 29.1 Å². The molecule has 0 aliphatic heterocycles. The summed E-state index contributed by atoms with van der Waals surface area (Å²) in [6, 6.07) is 10.7. The Morgan fingerprint density at radius 2 is 1.75 bits per heavy atom. The zero-order chi connectivity index (χ0) is 22.8. The number of hydrogen-bond acceptors (Lipinski definition) is 5. The van der Waals surface area contributed by atoms with Crippen molar-refractivity contribution in [3.05, 3.63) is 83.9 Å². The van der Waals surface area contributed by atoms with Gasteiger partial charge in [-0.05, 0) is 42.0 Å². The Bertz CT molecular complexity index is 1380. The van der Waals surface area contributed by atoms with Gasteiger partial charge in [-0.1, -0.05) is 0 Å². The predicted octanol–water partition coefficient (Wildman–Crippen LogP) is 4.51. The lowest BCUT2D eigenvalue weighted by atomic mass is 10.1. The minimum atomic E-state index is -0.946. The van der Waals surface area contributed by atoms with E-state index in [1.54, 1.807) is 37.6 Å². The number of halogens is 3. The highest BCUT2D eigenvalue weighted by atomic mass is 19.1. The Labute approximate surface area is 180 Å². The van der Waals surface area contributed by atoms with Gasteiger partial charge < -0.3 is 9.47 Å². The summed E-state index contributed by atoms with van der Waals surface area (Å²) in [6.07, 6.45) is 2.81. The van der Waals surface area contributed by atoms with Crippen LogP contribution in [0.15, 0.2) is 60.9 Å². The van der Waals surface area contributed by atoms with Crippen molar-refractivity contribution in [3.8, 4) is 22.6 Å². The van der Waals surface area contributed by atoms with Crippen molar-refractivity contribution < 1.29 is 22.6 Å². The first-order chi connectivity index (χ1) is 15.4. The Morgan fingerprint density at radius 3 is 2.47 bits per heavy atom. The van der Waals surface area contributed by atoms with Gasteiger partial charge in [-0.25, -0.2) is 13.2 Å². The van der Waals surface area contributed by atoms with E-state index in [1.807, 2.05) is 0 Å². The molecule has 0 radical (unpaired) electrons. The highest BCUT2D eigenvalue weighted by Gasteiger charge is 2.12. The number of benzene rings is 2. The van der Waals surface area contributed by atoms with Crippen molar-refractivity contribution in [1.29, 1.82) is 10.8 Å².